The summed E-state index contributed by atoms with van der Waals surface area (Å²) < 4.78 is 24.1. The number of esters is 3. The molecular formula is C47H62N4O8. The Morgan fingerprint density at radius 3 is 2.39 bits per heavy atom. The van der Waals surface area contributed by atoms with Crippen molar-refractivity contribution in [2.24, 2.45) is 17.3 Å². The van der Waals surface area contributed by atoms with Crippen molar-refractivity contribution in [1.82, 2.24) is 15.2 Å². The first-order valence-corrected chi connectivity index (χ1v) is 21.6. The molecule has 2 fully saturated rings. The third kappa shape index (κ3) is 5.68. The molecule has 318 valence electrons. The summed E-state index contributed by atoms with van der Waals surface area (Å²) in [7, 11) is 6.27. The average Bonchev–Trinajstić information content (AvgIpc) is 3.90. The standard InChI is InChI=1S/C47H62N4O8/c1-9-29-23-30(10-2)27-48-20-17-32-31-15-12-13-16-35(31)49-38(32)46(26-29,42(53)57-7)34-24-33-36(25-37(34)56-6)50(5)40-45(33)19-22-51-21-14-18-44(11-3,39(45)51)41(59-28(4)52)47(40,55)43(54)58-8/h12-16,18,24-25,29-30,39-41,48-49,55H,9-11,17,19-23,26-27H2,1-8H3/t29?,30?,39-,40+,41+,44+,45+,46-,47?/m0/s1. The van der Waals surface area contributed by atoms with Crippen LogP contribution < -0.4 is 15.0 Å². The summed E-state index contributed by atoms with van der Waals surface area (Å²) in [6.45, 7) is 10.8. The van der Waals surface area contributed by atoms with Crippen LogP contribution in [0.15, 0.2) is 48.6 Å². The van der Waals surface area contributed by atoms with E-state index in [4.69, 9.17) is 18.9 Å². The Hall–Kier alpha value is -4.39. The lowest BCUT2D eigenvalue weighted by Gasteiger charge is -2.63. The summed E-state index contributed by atoms with van der Waals surface area (Å²) in [6, 6.07) is 11.2. The monoisotopic (exact) mass is 810 g/mol. The predicted octanol–water partition coefficient (Wildman–Crippen LogP) is 5.56. The van der Waals surface area contributed by atoms with E-state index in [1.807, 2.05) is 37.1 Å². The van der Waals surface area contributed by atoms with Crippen LogP contribution in [0.2, 0.25) is 0 Å². The summed E-state index contributed by atoms with van der Waals surface area (Å²) >= 11 is 0. The van der Waals surface area contributed by atoms with E-state index in [0.29, 0.717) is 56.0 Å². The van der Waals surface area contributed by atoms with Gasteiger partial charge in [0.2, 0.25) is 5.60 Å². The van der Waals surface area contributed by atoms with Gasteiger partial charge in [0, 0.05) is 71.3 Å². The minimum atomic E-state index is -2.28. The number of likely N-dealkylation sites (N-methyl/N-ethyl adjacent to an activating group) is 1. The van der Waals surface area contributed by atoms with Crippen LogP contribution >= 0.6 is 0 Å². The summed E-state index contributed by atoms with van der Waals surface area (Å²) in [5, 5.41) is 18.2. The molecule has 9 atom stereocenters. The van der Waals surface area contributed by atoms with Crippen LogP contribution in [0.25, 0.3) is 10.9 Å². The predicted molar refractivity (Wildman–Crippen MR) is 226 cm³/mol. The maximum atomic E-state index is 15.4. The number of H-pyrrole nitrogens is 1. The maximum Gasteiger partial charge on any atom is 0.344 e. The number of ether oxygens (including phenoxy) is 4. The van der Waals surface area contributed by atoms with Crippen molar-refractivity contribution < 1.29 is 38.4 Å². The molecule has 1 saturated heterocycles. The number of rotatable bonds is 8. The lowest BCUT2D eigenvalue weighted by Crippen LogP contribution is -2.81. The van der Waals surface area contributed by atoms with Crippen molar-refractivity contribution >= 4 is 34.5 Å². The molecule has 0 bridgehead atoms. The molecule has 12 heteroatoms. The Kier molecular flexibility index (Phi) is 10.7. The Balaban J connectivity index is 1.47. The first kappa shape index (κ1) is 41.3. The van der Waals surface area contributed by atoms with E-state index < -0.39 is 45.9 Å². The highest BCUT2D eigenvalue weighted by molar-refractivity contribution is 5.95. The number of para-hydroxylation sites is 1. The van der Waals surface area contributed by atoms with Crippen LogP contribution in [0.5, 0.6) is 5.75 Å². The number of aromatic amines is 1. The molecule has 3 unspecified atom stereocenters. The number of nitrogens with one attached hydrogen (secondary N) is 2. The highest BCUT2D eigenvalue weighted by Gasteiger charge is 2.80. The molecule has 3 N–H and O–H groups in total. The van der Waals surface area contributed by atoms with Gasteiger partial charge in [-0.2, -0.15) is 0 Å². The molecule has 4 aliphatic heterocycles. The number of hydrogen-bond donors (Lipinski definition) is 3. The van der Waals surface area contributed by atoms with Crippen molar-refractivity contribution in [1.29, 1.82) is 0 Å². The van der Waals surface area contributed by atoms with Gasteiger partial charge in [-0.3, -0.25) is 14.5 Å². The van der Waals surface area contributed by atoms with Crippen molar-refractivity contribution in [2.45, 2.75) is 107 Å². The third-order valence-corrected chi connectivity index (χ3v) is 15.4. The normalized spacial score (nSPS) is 33.9. The molecule has 0 amide bonds. The molecule has 59 heavy (non-hydrogen) atoms. The molecule has 2 aromatic carbocycles. The number of carbonyl (C=O) groups excluding carboxylic acids is 3. The van der Waals surface area contributed by atoms with E-state index in [2.05, 4.69) is 59.4 Å². The van der Waals surface area contributed by atoms with Crippen LogP contribution in [0, 0.1) is 17.3 Å². The zero-order valence-corrected chi connectivity index (χ0v) is 36.0. The SMILES string of the molecule is CCC1CNCCc2c([nH]c3ccccc23)[C@@](C(=O)OC)(c2cc3c(cc2OC)N(C)[C@H]2C(O)(C(=O)OC)[C@H](OC(C)=O)[C@]4(CC)C=CCN5CC[C@]32[C@@H]54)CC(CC)C1. The zero-order chi connectivity index (χ0) is 42.1. The quantitative estimate of drug-likeness (QED) is 0.150. The number of nitrogens with zero attached hydrogens (tertiary/aromatic N) is 2. The number of hydrogen-bond acceptors (Lipinski definition) is 11. The lowest BCUT2D eigenvalue weighted by atomic mass is 9.47. The minimum Gasteiger partial charge on any atom is -0.496 e. The summed E-state index contributed by atoms with van der Waals surface area (Å²) in [5.41, 5.74) is -0.244. The van der Waals surface area contributed by atoms with E-state index in [1.165, 1.54) is 21.1 Å². The van der Waals surface area contributed by atoms with Gasteiger partial charge in [-0.05, 0) is 86.8 Å². The summed E-state index contributed by atoms with van der Waals surface area (Å²) in [5.74, 6) is -0.738. The fraction of sp³-hybridized carbons (Fsp3) is 0.596. The summed E-state index contributed by atoms with van der Waals surface area (Å²) in [4.78, 5) is 51.0. The smallest absolute Gasteiger partial charge is 0.344 e. The fourth-order valence-corrected chi connectivity index (χ4v) is 12.9. The second-order valence-corrected chi connectivity index (χ2v) is 17.8. The molecule has 8 rings (SSSR count). The zero-order valence-electron chi connectivity index (χ0n) is 36.0. The molecule has 3 aromatic rings. The van der Waals surface area contributed by atoms with Gasteiger partial charge in [0.15, 0.2) is 6.10 Å². The topological polar surface area (TPSA) is 143 Å². The molecule has 1 spiro atoms. The van der Waals surface area contributed by atoms with Crippen molar-refractivity contribution in [3.8, 4) is 5.75 Å². The highest BCUT2D eigenvalue weighted by atomic mass is 16.6. The first-order valence-electron chi connectivity index (χ1n) is 21.6. The number of aromatic nitrogens is 1. The van der Waals surface area contributed by atoms with Gasteiger partial charge in [-0.15, -0.1) is 0 Å². The lowest BCUT2D eigenvalue weighted by molar-refractivity contribution is -0.228. The van der Waals surface area contributed by atoms with Crippen LogP contribution in [-0.2, 0) is 45.8 Å². The molecular weight excluding hydrogens is 749 g/mol. The molecule has 1 aliphatic carbocycles. The second-order valence-electron chi connectivity index (χ2n) is 17.8. The van der Waals surface area contributed by atoms with Gasteiger partial charge < -0.3 is 39.3 Å². The first-order chi connectivity index (χ1) is 28.4. The molecule has 1 aromatic heterocycles. The van der Waals surface area contributed by atoms with E-state index in [0.717, 1.165) is 65.8 Å². The summed E-state index contributed by atoms with van der Waals surface area (Å²) in [6.07, 6.45) is 7.96. The van der Waals surface area contributed by atoms with Crippen LogP contribution in [0.3, 0.4) is 0 Å². The van der Waals surface area contributed by atoms with Crippen molar-refractivity contribution in [2.75, 3.05) is 59.5 Å². The Morgan fingerprint density at radius 1 is 0.966 bits per heavy atom. The molecule has 5 aliphatic rings. The number of methoxy groups -OCH3 is 3. The molecule has 5 heterocycles. The maximum absolute atomic E-state index is 15.4. The van der Waals surface area contributed by atoms with E-state index >= 15 is 4.79 Å². The number of carbonyl (C=O) groups is 3. The molecule has 1 saturated carbocycles. The fourth-order valence-electron chi connectivity index (χ4n) is 12.9. The largest absolute Gasteiger partial charge is 0.496 e. The van der Waals surface area contributed by atoms with Gasteiger partial charge in [-0.1, -0.05) is 64.0 Å². The van der Waals surface area contributed by atoms with Gasteiger partial charge in [0.25, 0.3) is 0 Å². The van der Waals surface area contributed by atoms with Gasteiger partial charge in [-0.25, -0.2) is 4.79 Å². The molecule has 12 nitrogen and oxygen atoms in total. The van der Waals surface area contributed by atoms with Crippen LogP contribution in [0.4, 0.5) is 5.69 Å². The average molecular weight is 811 g/mol. The Morgan fingerprint density at radius 2 is 1.71 bits per heavy atom. The van der Waals surface area contributed by atoms with Gasteiger partial charge in [0.05, 0.1) is 27.4 Å². The van der Waals surface area contributed by atoms with E-state index in [9.17, 15) is 14.7 Å². The number of aliphatic hydroxyl groups is 1. The number of benzene rings is 2. The third-order valence-electron chi connectivity index (χ3n) is 15.4. The minimum absolute atomic E-state index is 0.145. The Labute approximate surface area is 348 Å². The second kappa shape index (κ2) is 15.3. The van der Waals surface area contributed by atoms with Crippen molar-refractivity contribution in [3.05, 3.63) is 70.9 Å². The van der Waals surface area contributed by atoms with Crippen molar-refractivity contribution in [3.63, 3.8) is 0 Å². The Bertz CT molecular complexity index is 2170. The number of fused-ring (bicyclic) bond motifs is 4. The van der Waals surface area contributed by atoms with Gasteiger partial charge in [0.1, 0.15) is 11.2 Å². The van der Waals surface area contributed by atoms with E-state index in [1.54, 1.807) is 7.11 Å². The number of anilines is 1. The molecule has 0 radical (unpaired) electrons. The van der Waals surface area contributed by atoms with E-state index in [-0.39, 0.29) is 17.9 Å². The van der Waals surface area contributed by atoms with Crippen LogP contribution in [-0.4, -0.2) is 111 Å². The highest BCUT2D eigenvalue weighted by Crippen LogP contribution is 2.68. The van der Waals surface area contributed by atoms with Gasteiger partial charge >= 0.3 is 17.9 Å². The van der Waals surface area contributed by atoms with Crippen LogP contribution in [0.1, 0.15) is 88.6 Å².